The van der Waals surface area contributed by atoms with E-state index >= 15 is 0 Å². The molecular weight excluding hydrogens is 407 g/mol. The molecule has 0 spiro atoms. The summed E-state index contributed by atoms with van der Waals surface area (Å²) in [5.74, 6) is -0.201. The van der Waals surface area contributed by atoms with Gasteiger partial charge in [0.15, 0.2) is 0 Å². The molecule has 0 radical (unpaired) electrons. The molecule has 3 rings (SSSR count). The predicted octanol–water partition coefficient (Wildman–Crippen LogP) is 5.33. The zero-order valence-corrected chi connectivity index (χ0v) is 18.5. The van der Waals surface area contributed by atoms with Gasteiger partial charge in [0.05, 0.1) is 10.6 Å². The van der Waals surface area contributed by atoms with E-state index in [1.54, 1.807) is 23.1 Å². The van der Waals surface area contributed by atoms with Crippen molar-refractivity contribution in [2.45, 2.75) is 45.1 Å². The van der Waals surface area contributed by atoms with E-state index in [0.717, 1.165) is 0 Å². The van der Waals surface area contributed by atoms with Crippen molar-refractivity contribution in [3.05, 3.63) is 69.2 Å². The Bertz CT molecular complexity index is 896. The van der Waals surface area contributed by atoms with E-state index < -0.39 is 0 Å². The summed E-state index contributed by atoms with van der Waals surface area (Å²) >= 11 is 12.1. The fourth-order valence-electron chi connectivity index (χ4n) is 3.45. The van der Waals surface area contributed by atoms with Crippen LogP contribution in [0.3, 0.4) is 0 Å². The summed E-state index contributed by atoms with van der Waals surface area (Å²) in [5, 5.41) is 3.97. The van der Waals surface area contributed by atoms with Gasteiger partial charge in [-0.3, -0.25) is 9.59 Å². The maximum Gasteiger partial charge on any atom is 0.255 e. The molecule has 1 fully saturated rings. The van der Waals surface area contributed by atoms with Crippen LogP contribution in [0.15, 0.2) is 42.5 Å². The van der Waals surface area contributed by atoms with Gasteiger partial charge in [-0.1, -0.05) is 56.1 Å². The number of rotatable bonds is 3. The van der Waals surface area contributed by atoms with Crippen LogP contribution in [0.2, 0.25) is 10.0 Å². The Morgan fingerprint density at radius 2 is 1.62 bits per heavy atom. The SMILES string of the molecule is CC(C)(C)c1ccc(C(=O)NC2CCN(C(=O)c3cc(Cl)ccc3Cl)CC2)cc1. The third kappa shape index (κ3) is 5.31. The van der Waals surface area contributed by atoms with Crippen molar-refractivity contribution in [3.8, 4) is 0 Å². The molecule has 0 bridgehead atoms. The minimum absolute atomic E-state index is 0.0451. The molecule has 1 aliphatic rings. The second-order valence-electron chi connectivity index (χ2n) is 8.49. The van der Waals surface area contributed by atoms with E-state index in [2.05, 4.69) is 26.1 Å². The largest absolute Gasteiger partial charge is 0.349 e. The van der Waals surface area contributed by atoms with Crippen molar-refractivity contribution >= 4 is 35.0 Å². The zero-order valence-electron chi connectivity index (χ0n) is 17.0. The van der Waals surface area contributed by atoms with Gasteiger partial charge in [-0.25, -0.2) is 0 Å². The van der Waals surface area contributed by atoms with E-state index in [4.69, 9.17) is 23.2 Å². The summed E-state index contributed by atoms with van der Waals surface area (Å²) in [6.45, 7) is 7.57. The van der Waals surface area contributed by atoms with Crippen molar-refractivity contribution in [2.75, 3.05) is 13.1 Å². The van der Waals surface area contributed by atoms with Crippen LogP contribution in [-0.2, 0) is 5.41 Å². The number of nitrogens with one attached hydrogen (secondary N) is 1. The molecule has 154 valence electrons. The third-order valence-corrected chi connectivity index (χ3v) is 5.85. The van der Waals surface area contributed by atoms with Gasteiger partial charge < -0.3 is 10.2 Å². The molecule has 1 saturated heterocycles. The Morgan fingerprint density at radius 3 is 2.21 bits per heavy atom. The lowest BCUT2D eigenvalue weighted by Crippen LogP contribution is -2.46. The number of likely N-dealkylation sites (tertiary alicyclic amines) is 1. The number of halogens is 2. The number of carbonyl (C=O) groups excluding carboxylic acids is 2. The van der Waals surface area contributed by atoms with Crippen LogP contribution >= 0.6 is 23.2 Å². The second-order valence-corrected chi connectivity index (χ2v) is 9.34. The quantitative estimate of drug-likeness (QED) is 0.712. The van der Waals surface area contributed by atoms with Crippen LogP contribution in [0.5, 0.6) is 0 Å². The minimum Gasteiger partial charge on any atom is -0.349 e. The summed E-state index contributed by atoms with van der Waals surface area (Å²) in [7, 11) is 0. The summed E-state index contributed by atoms with van der Waals surface area (Å²) in [6, 6.07) is 12.7. The van der Waals surface area contributed by atoms with E-state index in [9.17, 15) is 9.59 Å². The average molecular weight is 433 g/mol. The van der Waals surface area contributed by atoms with Crippen LogP contribution in [-0.4, -0.2) is 35.8 Å². The summed E-state index contributed by atoms with van der Waals surface area (Å²) in [5.41, 5.74) is 2.32. The smallest absolute Gasteiger partial charge is 0.255 e. The first kappa shape index (κ1) is 21.7. The fourth-order valence-corrected chi connectivity index (χ4v) is 3.82. The Balaban J connectivity index is 1.56. The van der Waals surface area contributed by atoms with Crippen LogP contribution in [0, 0.1) is 0 Å². The predicted molar refractivity (Wildman–Crippen MR) is 118 cm³/mol. The van der Waals surface area contributed by atoms with Crippen molar-refractivity contribution < 1.29 is 9.59 Å². The fraction of sp³-hybridized carbons (Fsp3) is 0.391. The van der Waals surface area contributed by atoms with Crippen molar-refractivity contribution in [1.82, 2.24) is 10.2 Å². The third-order valence-electron chi connectivity index (χ3n) is 5.29. The number of hydrogen-bond donors (Lipinski definition) is 1. The van der Waals surface area contributed by atoms with Gasteiger partial charge in [0.25, 0.3) is 11.8 Å². The number of carbonyl (C=O) groups is 2. The molecule has 6 heteroatoms. The molecule has 0 aromatic heterocycles. The van der Waals surface area contributed by atoms with Gasteiger partial charge >= 0.3 is 0 Å². The maximum absolute atomic E-state index is 12.7. The Morgan fingerprint density at radius 1 is 1.00 bits per heavy atom. The number of hydrogen-bond acceptors (Lipinski definition) is 2. The molecule has 4 nitrogen and oxygen atoms in total. The topological polar surface area (TPSA) is 49.4 Å². The number of piperidine rings is 1. The molecule has 0 saturated carbocycles. The number of amides is 2. The van der Waals surface area contributed by atoms with E-state index in [-0.39, 0.29) is 23.3 Å². The van der Waals surface area contributed by atoms with Crippen LogP contribution in [0.25, 0.3) is 0 Å². The van der Waals surface area contributed by atoms with Gasteiger partial charge in [0.2, 0.25) is 0 Å². The monoisotopic (exact) mass is 432 g/mol. The molecule has 0 aliphatic carbocycles. The molecule has 0 atom stereocenters. The van der Waals surface area contributed by atoms with Gasteiger partial charge in [-0.15, -0.1) is 0 Å². The lowest BCUT2D eigenvalue weighted by atomic mass is 9.86. The lowest BCUT2D eigenvalue weighted by molar-refractivity contribution is 0.0698. The molecule has 2 amide bonds. The minimum atomic E-state index is -0.125. The molecule has 0 unspecified atom stereocenters. The molecule has 2 aromatic rings. The molecule has 29 heavy (non-hydrogen) atoms. The van der Waals surface area contributed by atoms with Gasteiger partial charge in [0, 0.05) is 29.7 Å². The number of nitrogens with zero attached hydrogens (tertiary/aromatic N) is 1. The summed E-state index contributed by atoms with van der Waals surface area (Å²) < 4.78 is 0. The highest BCUT2D eigenvalue weighted by Crippen LogP contribution is 2.24. The highest BCUT2D eigenvalue weighted by atomic mass is 35.5. The summed E-state index contributed by atoms with van der Waals surface area (Å²) in [6.07, 6.45) is 1.41. The van der Waals surface area contributed by atoms with Crippen LogP contribution in [0.4, 0.5) is 0 Å². The normalized spacial score (nSPS) is 15.3. The summed E-state index contributed by atoms with van der Waals surface area (Å²) in [4.78, 5) is 27.1. The highest BCUT2D eigenvalue weighted by Gasteiger charge is 2.26. The van der Waals surface area contributed by atoms with Crippen molar-refractivity contribution in [3.63, 3.8) is 0 Å². The lowest BCUT2D eigenvalue weighted by Gasteiger charge is -2.32. The first-order chi connectivity index (χ1) is 13.6. The van der Waals surface area contributed by atoms with E-state index in [1.165, 1.54) is 5.56 Å². The molecule has 1 aliphatic heterocycles. The molecule has 1 heterocycles. The Hall–Kier alpha value is -2.04. The van der Waals surface area contributed by atoms with Gasteiger partial charge in [-0.2, -0.15) is 0 Å². The second kappa shape index (κ2) is 8.76. The molecule has 1 N–H and O–H groups in total. The first-order valence-corrected chi connectivity index (χ1v) is 10.6. The van der Waals surface area contributed by atoms with Crippen LogP contribution < -0.4 is 5.32 Å². The van der Waals surface area contributed by atoms with Gasteiger partial charge in [0.1, 0.15) is 0 Å². The Labute approximate surface area is 182 Å². The Kier molecular flexibility index (Phi) is 6.55. The van der Waals surface area contributed by atoms with Gasteiger partial charge in [-0.05, 0) is 54.2 Å². The standard InChI is InChI=1S/C23H26Cl2N2O2/c1-23(2,3)16-6-4-15(5-7-16)21(28)26-18-10-12-27(13-11-18)22(29)19-14-17(24)8-9-20(19)25/h4-9,14,18H,10-13H2,1-3H3,(H,26,28). The van der Waals surface area contributed by atoms with Crippen LogP contribution in [0.1, 0.15) is 59.9 Å². The van der Waals surface area contributed by atoms with Crippen molar-refractivity contribution in [1.29, 1.82) is 0 Å². The van der Waals surface area contributed by atoms with E-state index in [1.807, 2.05) is 24.3 Å². The zero-order chi connectivity index (χ0) is 21.2. The number of benzene rings is 2. The highest BCUT2D eigenvalue weighted by molar-refractivity contribution is 6.35. The maximum atomic E-state index is 12.7. The first-order valence-electron chi connectivity index (χ1n) is 9.81. The van der Waals surface area contributed by atoms with E-state index in [0.29, 0.717) is 47.1 Å². The molecular formula is C23H26Cl2N2O2. The van der Waals surface area contributed by atoms with Crippen molar-refractivity contribution in [2.24, 2.45) is 0 Å². The average Bonchev–Trinajstić information content (AvgIpc) is 2.69. The molecule has 2 aromatic carbocycles.